The van der Waals surface area contributed by atoms with Crippen molar-refractivity contribution in [2.75, 3.05) is 59.5 Å². The average Bonchev–Trinajstić information content (AvgIpc) is 3.58. The topological polar surface area (TPSA) is 42.5 Å². The van der Waals surface area contributed by atoms with Crippen LogP contribution in [0.15, 0.2) is 97.1 Å². The molecule has 5 aromatic carbocycles. The molecule has 6 aliphatic rings. The van der Waals surface area contributed by atoms with E-state index < -0.39 is 5.60 Å². The molecule has 5 aliphatic heterocycles. The van der Waals surface area contributed by atoms with E-state index in [0.29, 0.717) is 12.1 Å². The van der Waals surface area contributed by atoms with Crippen LogP contribution in [-0.4, -0.2) is 71.6 Å². The molecule has 0 bridgehead atoms. The normalized spacial score (nSPS) is 24.4. The fourth-order valence-electron chi connectivity index (χ4n) is 13.5. The van der Waals surface area contributed by atoms with Crippen LogP contribution in [0.2, 0.25) is 0 Å². The molecule has 4 saturated heterocycles. The molecular weight excluding hydrogens is 749 g/mol. The summed E-state index contributed by atoms with van der Waals surface area (Å²) in [5, 5.41) is 9.76. The first kappa shape index (κ1) is 39.4. The van der Waals surface area contributed by atoms with Crippen LogP contribution in [0, 0.1) is 0 Å². The largest absolute Gasteiger partial charge is 0.491 e. The molecule has 2 N–H and O–H groups in total. The second kappa shape index (κ2) is 15.4. The highest BCUT2D eigenvalue weighted by Crippen LogP contribution is 2.60. The van der Waals surface area contributed by atoms with Crippen molar-refractivity contribution < 1.29 is 9.47 Å². The van der Waals surface area contributed by atoms with E-state index in [-0.39, 0.29) is 5.41 Å². The van der Waals surface area contributed by atoms with E-state index in [2.05, 4.69) is 128 Å². The second-order valence-electron chi connectivity index (χ2n) is 19.9. The van der Waals surface area contributed by atoms with Gasteiger partial charge in [0.2, 0.25) is 0 Å². The Balaban J connectivity index is 1.13. The Kier molecular flexibility index (Phi) is 9.95. The zero-order chi connectivity index (χ0) is 41.2. The van der Waals surface area contributed by atoms with Crippen LogP contribution in [0.4, 0.5) is 11.4 Å². The van der Waals surface area contributed by atoms with Gasteiger partial charge in [-0.15, -0.1) is 0 Å². The molecule has 6 nitrogen and oxygen atoms in total. The predicted molar refractivity (Wildman–Crippen MR) is 254 cm³/mol. The molecule has 1 atom stereocenters. The SMILES string of the molecule is COc1cc2c3c(c4c(c2cc1[N+]1(C2CCNCC2)CCCCC1)-c1ccccc1C4(C)C)C=CC(c1ccccc1)(c1ccc([N+]2(C4CCNCC4)CCCCC2)cc1)O3. The van der Waals surface area contributed by atoms with Gasteiger partial charge in [-0.3, -0.25) is 8.97 Å². The van der Waals surface area contributed by atoms with Gasteiger partial charge in [-0.1, -0.05) is 74.5 Å². The van der Waals surface area contributed by atoms with Crippen LogP contribution >= 0.6 is 0 Å². The molecule has 0 saturated carbocycles. The molecule has 61 heavy (non-hydrogen) atoms. The Bertz CT molecular complexity index is 2450. The van der Waals surface area contributed by atoms with Gasteiger partial charge in [0.15, 0.2) is 17.0 Å². The van der Waals surface area contributed by atoms with Gasteiger partial charge in [0, 0.05) is 85.4 Å². The number of ether oxygens (including phenoxy) is 2. The first-order chi connectivity index (χ1) is 29.9. The van der Waals surface area contributed by atoms with Crippen molar-refractivity contribution in [3.63, 3.8) is 0 Å². The molecular formula is C55H66N4O2+2. The summed E-state index contributed by atoms with van der Waals surface area (Å²) in [5.74, 6) is 1.97. The van der Waals surface area contributed by atoms with Crippen LogP contribution in [0.25, 0.3) is 28.0 Å². The van der Waals surface area contributed by atoms with Gasteiger partial charge < -0.3 is 20.1 Å². The van der Waals surface area contributed by atoms with Crippen LogP contribution < -0.4 is 29.1 Å². The number of hydrogen-bond acceptors (Lipinski definition) is 4. The van der Waals surface area contributed by atoms with Crippen molar-refractivity contribution in [2.45, 2.75) is 101 Å². The molecule has 1 aliphatic carbocycles. The Morgan fingerprint density at radius 3 is 1.89 bits per heavy atom. The van der Waals surface area contributed by atoms with Crippen molar-refractivity contribution in [1.82, 2.24) is 19.6 Å². The minimum atomic E-state index is -0.813. The number of benzene rings is 5. The Morgan fingerprint density at radius 1 is 0.639 bits per heavy atom. The molecule has 0 aromatic heterocycles. The molecule has 4 fully saturated rings. The highest BCUT2D eigenvalue weighted by molar-refractivity contribution is 6.10. The standard InChI is InChI=1S/C55H66N4O2/c1-54(2)48-18-10-9-17-44(48)51-46-37-49(59(35-13-6-14-36-59)43-26-31-57-32-27-43)50(60-3)38-47(46)53-45(52(51)54)23-28-55(61-53,39-15-7-4-8-16-39)40-19-21-41(22-20-40)58(33-11-5-12-34-58)42-24-29-56-30-25-42/h4,7-10,15-23,28,37-38,42-43,56-57H,5-6,11-14,24-27,29-36H2,1-3H3/q+2. The number of likely N-dealkylation sites (tertiary alicyclic amines) is 2. The van der Waals surface area contributed by atoms with Crippen molar-refractivity contribution in [1.29, 1.82) is 0 Å². The maximum atomic E-state index is 7.91. The lowest BCUT2D eigenvalue weighted by molar-refractivity contribution is 0.135. The van der Waals surface area contributed by atoms with E-state index in [1.54, 1.807) is 0 Å². The van der Waals surface area contributed by atoms with E-state index in [1.807, 2.05) is 7.11 Å². The molecule has 0 spiro atoms. The zero-order valence-electron chi connectivity index (χ0n) is 36.9. The van der Waals surface area contributed by atoms with E-state index >= 15 is 0 Å². The molecule has 0 amide bonds. The zero-order valence-corrected chi connectivity index (χ0v) is 36.9. The predicted octanol–water partition coefficient (Wildman–Crippen LogP) is 11.0. The van der Waals surface area contributed by atoms with Crippen molar-refractivity contribution in [3.8, 4) is 22.6 Å². The Morgan fingerprint density at radius 2 is 1.23 bits per heavy atom. The molecule has 316 valence electrons. The molecule has 0 radical (unpaired) electrons. The minimum Gasteiger partial charge on any atom is -0.491 e. The van der Waals surface area contributed by atoms with E-state index in [9.17, 15) is 0 Å². The van der Waals surface area contributed by atoms with Crippen LogP contribution in [0.1, 0.15) is 106 Å². The number of piperidine rings is 4. The van der Waals surface area contributed by atoms with Gasteiger partial charge >= 0.3 is 0 Å². The van der Waals surface area contributed by atoms with Gasteiger partial charge in [0.1, 0.15) is 11.4 Å². The average molecular weight is 815 g/mol. The van der Waals surface area contributed by atoms with Crippen molar-refractivity contribution in [3.05, 3.63) is 125 Å². The number of hydrogen-bond donors (Lipinski definition) is 2. The third-order valence-corrected chi connectivity index (χ3v) is 16.6. The number of nitrogens with one attached hydrogen (secondary N) is 2. The molecule has 5 heterocycles. The summed E-state index contributed by atoms with van der Waals surface area (Å²) < 4.78 is 16.6. The monoisotopic (exact) mass is 815 g/mol. The first-order valence-corrected chi connectivity index (χ1v) is 23.9. The van der Waals surface area contributed by atoms with Crippen molar-refractivity contribution in [2.24, 2.45) is 0 Å². The summed E-state index contributed by atoms with van der Waals surface area (Å²) in [7, 11) is 1.89. The summed E-state index contributed by atoms with van der Waals surface area (Å²) >= 11 is 0. The Hall–Kier alpha value is -4.46. The maximum absolute atomic E-state index is 7.91. The maximum Gasteiger partial charge on any atom is 0.180 e. The lowest BCUT2D eigenvalue weighted by Gasteiger charge is -2.48. The van der Waals surface area contributed by atoms with Gasteiger partial charge in [0.05, 0.1) is 45.4 Å². The van der Waals surface area contributed by atoms with Crippen molar-refractivity contribution >= 4 is 28.2 Å². The minimum absolute atomic E-state index is 0.209. The number of nitrogens with zero attached hydrogens (tertiary/aromatic N) is 2. The van der Waals surface area contributed by atoms with Crippen LogP contribution in [0.5, 0.6) is 11.5 Å². The van der Waals surface area contributed by atoms with E-state index in [1.165, 1.54) is 141 Å². The van der Waals surface area contributed by atoms with Crippen LogP contribution in [0.3, 0.4) is 0 Å². The number of methoxy groups -OCH3 is 1. The Labute approximate surface area is 364 Å². The molecule has 11 rings (SSSR count). The number of quaternary nitrogens is 2. The molecule has 5 aromatic rings. The summed E-state index contributed by atoms with van der Waals surface area (Å²) in [5.41, 5.74) is 10.8. The summed E-state index contributed by atoms with van der Waals surface area (Å²) in [4.78, 5) is 0. The second-order valence-corrected chi connectivity index (χ2v) is 19.9. The number of rotatable bonds is 7. The third kappa shape index (κ3) is 6.10. The highest BCUT2D eigenvalue weighted by Gasteiger charge is 2.48. The fourth-order valence-corrected chi connectivity index (χ4v) is 13.5. The lowest BCUT2D eigenvalue weighted by Crippen LogP contribution is -2.62. The van der Waals surface area contributed by atoms with Gasteiger partial charge in [-0.2, -0.15) is 0 Å². The smallest absolute Gasteiger partial charge is 0.180 e. The quantitative estimate of drug-likeness (QED) is 0.161. The lowest BCUT2D eigenvalue weighted by atomic mass is 9.76. The van der Waals surface area contributed by atoms with Gasteiger partial charge in [0.25, 0.3) is 0 Å². The first-order valence-electron chi connectivity index (χ1n) is 23.9. The highest BCUT2D eigenvalue weighted by atomic mass is 16.5. The molecule has 1 unspecified atom stereocenters. The van der Waals surface area contributed by atoms with E-state index in [0.717, 1.165) is 57.6 Å². The summed E-state index contributed by atoms with van der Waals surface area (Å²) in [6.07, 6.45) is 17.5. The summed E-state index contributed by atoms with van der Waals surface area (Å²) in [6, 6.07) is 36.1. The third-order valence-electron chi connectivity index (χ3n) is 16.6. The van der Waals surface area contributed by atoms with Crippen LogP contribution in [-0.2, 0) is 11.0 Å². The summed E-state index contributed by atoms with van der Waals surface area (Å²) in [6.45, 7) is 14.1. The molecule has 6 heteroatoms. The van der Waals surface area contributed by atoms with Gasteiger partial charge in [-0.25, -0.2) is 0 Å². The fraction of sp³-hybridized carbons (Fsp3) is 0.455. The van der Waals surface area contributed by atoms with Gasteiger partial charge in [-0.05, 0) is 103 Å². The van der Waals surface area contributed by atoms with E-state index in [4.69, 9.17) is 9.47 Å². The number of fused-ring (bicyclic) bond motifs is 8.